The molecule has 0 fully saturated rings. The Labute approximate surface area is 360 Å². The Bertz CT molecular complexity index is 3490. The maximum atomic E-state index is 2.37. The quantitative estimate of drug-likeness (QED) is 0.146. The maximum Gasteiger partial charge on any atom is 0.0541 e. The summed E-state index contributed by atoms with van der Waals surface area (Å²) in [6, 6.07) is 88.3. The molecule has 0 saturated heterocycles. The zero-order chi connectivity index (χ0) is 41.0. The van der Waals surface area contributed by atoms with E-state index >= 15 is 0 Å². The molecule has 0 aliphatic carbocycles. The average Bonchev–Trinajstić information content (AvgIpc) is 3.69. The highest BCUT2D eigenvalue weighted by atomic mass is 15.1. The fourth-order valence-electron chi connectivity index (χ4n) is 9.58. The van der Waals surface area contributed by atoms with Crippen molar-refractivity contribution in [3.63, 3.8) is 0 Å². The van der Waals surface area contributed by atoms with Crippen molar-refractivity contribution in [2.24, 2.45) is 0 Å². The van der Waals surface area contributed by atoms with E-state index < -0.39 is 0 Å². The summed E-state index contributed by atoms with van der Waals surface area (Å²) >= 11 is 0. The highest BCUT2D eigenvalue weighted by Gasteiger charge is 2.16. The van der Waals surface area contributed by atoms with Crippen LogP contribution in [-0.2, 0) is 0 Å². The van der Waals surface area contributed by atoms with Gasteiger partial charge in [0, 0.05) is 33.5 Å². The molecule has 0 unspecified atom stereocenters. The highest BCUT2D eigenvalue weighted by molar-refractivity contribution is 6.25. The minimum absolute atomic E-state index is 1.10. The molecule has 0 spiro atoms. The van der Waals surface area contributed by atoms with Crippen LogP contribution in [0.5, 0.6) is 0 Å². The van der Waals surface area contributed by atoms with E-state index in [1.807, 2.05) is 0 Å². The summed E-state index contributed by atoms with van der Waals surface area (Å²) in [5.74, 6) is 0. The zero-order valence-electron chi connectivity index (χ0n) is 34.0. The van der Waals surface area contributed by atoms with E-state index in [4.69, 9.17) is 0 Å². The molecule has 12 rings (SSSR count). The number of aromatic nitrogens is 1. The third kappa shape index (κ3) is 6.04. The van der Waals surface area contributed by atoms with Crippen LogP contribution in [0.2, 0.25) is 0 Å². The molecule has 0 aliphatic rings. The molecule has 0 aliphatic heterocycles. The fourth-order valence-corrected chi connectivity index (χ4v) is 9.58. The first kappa shape index (κ1) is 35.7. The lowest BCUT2D eigenvalue weighted by atomic mass is 9.92. The minimum Gasteiger partial charge on any atom is -0.311 e. The van der Waals surface area contributed by atoms with Gasteiger partial charge in [0.2, 0.25) is 0 Å². The second-order valence-electron chi connectivity index (χ2n) is 16.1. The van der Waals surface area contributed by atoms with E-state index in [0.717, 1.165) is 22.7 Å². The molecule has 0 bridgehead atoms. The van der Waals surface area contributed by atoms with Gasteiger partial charge in [0.05, 0.1) is 11.0 Å². The molecule has 0 radical (unpaired) electrons. The topological polar surface area (TPSA) is 8.17 Å². The standard InChI is InChI=1S/C60H40N2/c1-2-12-41(13-3-1)42-22-31-47(32-23-42)61(49-35-28-45(29-36-49)46-30-39-55-53-16-5-4-14-51(53)52-15-6-7-17-54(52)58(55)40-46)48-33-24-43(25-34-48)44-26-37-50(38-27-44)62-59-20-10-8-18-56(59)57-19-9-11-21-60(57)62/h1-40H. The van der Waals surface area contributed by atoms with Gasteiger partial charge in [-0.1, -0.05) is 176 Å². The minimum atomic E-state index is 1.10. The van der Waals surface area contributed by atoms with Crippen LogP contribution in [-0.4, -0.2) is 4.57 Å². The summed E-state index contributed by atoms with van der Waals surface area (Å²) in [5.41, 5.74) is 14.0. The molecule has 62 heavy (non-hydrogen) atoms. The van der Waals surface area contributed by atoms with Crippen molar-refractivity contribution in [1.29, 1.82) is 0 Å². The van der Waals surface area contributed by atoms with Crippen LogP contribution in [0.25, 0.3) is 93.2 Å². The Kier molecular flexibility index (Phi) is 8.53. The second kappa shape index (κ2) is 14.8. The molecule has 0 N–H and O–H groups in total. The maximum absolute atomic E-state index is 2.37. The summed E-state index contributed by atoms with van der Waals surface area (Å²) in [6.45, 7) is 0. The van der Waals surface area contributed by atoms with E-state index in [1.165, 1.54) is 87.5 Å². The molecule has 1 heterocycles. The summed E-state index contributed by atoms with van der Waals surface area (Å²) in [6.07, 6.45) is 0. The first-order chi connectivity index (χ1) is 30.7. The van der Waals surface area contributed by atoms with E-state index in [9.17, 15) is 0 Å². The predicted octanol–water partition coefficient (Wildman–Crippen LogP) is 16.7. The Morgan fingerprint density at radius 1 is 0.226 bits per heavy atom. The van der Waals surface area contributed by atoms with Gasteiger partial charge >= 0.3 is 0 Å². The molecule has 0 amide bonds. The monoisotopic (exact) mass is 788 g/mol. The Balaban J connectivity index is 0.899. The summed E-state index contributed by atoms with van der Waals surface area (Å²) in [7, 11) is 0. The van der Waals surface area contributed by atoms with Crippen LogP contribution in [0.4, 0.5) is 17.1 Å². The van der Waals surface area contributed by atoms with Crippen LogP contribution in [0.15, 0.2) is 243 Å². The molecule has 2 heteroatoms. The van der Waals surface area contributed by atoms with Crippen LogP contribution in [0, 0.1) is 0 Å². The van der Waals surface area contributed by atoms with E-state index in [1.54, 1.807) is 0 Å². The van der Waals surface area contributed by atoms with Gasteiger partial charge in [-0.3, -0.25) is 0 Å². The van der Waals surface area contributed by atoms with Gasteiger partial charge in [0.1, 0.15) is 0 Å². The lowest BCUT2D eigenvalue weighted by Crippen LogP contribution is -2.09. The van der Waals surface area contributed by atoms with Crippen LogP contribution < -0.4 is 4.90 Å². The largest absolute Gasteiger partial charge is 0.311 e. The molecule has 11 aromatic carbocycles. The second-order valence-corrected chi connectivity index (χ2v) is 16.1. The first-order valence-electron chi connectivity index (χ1n) is 21.3. The van der Waals surface area contributed by atoms with E-state index in [2.05, 4.69) is 252 Å². The molecular weight excluding hydrogens is 749 g/mol. The molecule has 0 saturated carbocycles. The third-order valence-electron chi connectivity index (χ3n) is 12.6. The Morgan fingerprint density at radius 3 is 1.02 bits per heavy atom. The van der Waals surface area contributed by atoms with Crippen LogP contribution in [0.3, 0.4) is 0 Å². The van der Waals surface area contributed by atoms with Gasteiger partial charge in [-0.05, 0) is 132 Å². The molecule has 0 atom stereocenters. The molecule has 12 aromatic rings. The summed E-state index contributed by atoms with van der Waals surface area (Å²) in [5, 5.41) is 10.3. The van der Waals surface area contributed by atoms with Crippen molar-refractivity contribution < 1.29 is 0 Å². The number of nitrogens with zero attached hydrogens (tertiary/aromatic N) is 2. The van der Waals surface area contributed by atoms with Gasteiger partial charge in [-0.2, -0.15) is 0 Å². The number of para-hydroxylation sites is 2. The van der Waals surface area contributed by atoms with E-state index in [-0.39, 0.29) is 0 Å². The van der Waals surface area contributed by atoms with Crippen LogP contribution in [0.1, 0.15) is 0 Å². The lowest BCUT2D eigenvalue weighted by Gasteiger charge is -2.26. The van der Waals surface area contributed by atoms with Crippen molar-refractivity contribution in [1.82, 2.24) is 4.57 Å². The fraction of sp³-hybridized carbons (Fsp3) is 0. The number of hydrogen-bond donors (Lipinski definition) is 0. The van der Waals surface area contributed by atoms with Crippen molar-refractivity contribution >= 4 is 71.2 Å². The van der Waals surface area contributed by atoms with Gasteiger partial charge in [-0.15, -0.1) is 0 Å². The molecule has 2 nitrogen and oxygen atoms in total. The smallest absolute Gasteiger partial charge is 0.0541 e. The van der Waals surface area contributed by atoms with Crippen molar-refractivity contribution in [2.45, 2.75) is 0 Å². The number of fused-ring (bicyclic) bond motifs is 9. The van der Waals surface area contributed by atoms with Gasteiger partial charge < -0.3 is 9.47 Å². The third-order valence-corrected chi connectivity index (χ3v) is 12.6. The molecule has 290 valence electrons. The predicted molar refractivity (Wildman–Crippen MR) is 264 cm³/mol. The summed E-state index contributed by atoms with van der Waals surface area (Å²) in [4.78, 5) is 2.35. The normalized spacial score (nSPS) is 11.5. The number of anilines is 3. The zero-order valence-corrected chi connectivity index (χ0v) is 34.0. The molecular formula is C60H40N2. The Hall–Kier alpha value is -8.20. The number of benzene rings is 11. The van der Waals surface area contributed by atoms with Crippen LogP contribution >= 0.6 is 0 Å². The summed E-state index contributed by atoms with van der Waals surface area (Å²) < 4.78 is 2.37. The van der Waals surface area contributed by atoms with E-state index in [0.29, 0.717) is 0 Å². The number of rotatable bonds is 7. The number of hydrogen-bond acceptors (Lipinski definition) is 1. The molecule has 1 aromatic heterocycles. The van der Waals surface area contributed by atoms with Crippen molar-refractivity contribution in [3.8, 4) is 39.1 Å². The van der Waals surface area contributed by atoms with Gasteiger partial charge in [0.25, 0.3) is 0 Å². The van der Waals surface area contributed by atoms with Crippen molar-refractivity contribution in [2.75, 3.05) is 4.90 Å². The average molecular weight is 789 g/mol. The Morgan fingerprint density at radius 2 is 0.548 bits per heavy atom. The van der Waals surface area contributed by atoms with Crippen molar-refractivity contribution in [3.05, 3.63) is 243 Å². The SMILES string of the molecule is c1ccc(-c2ccc(N(c3ccc(-c4ccc(-n5c6ccccc6c6ccccc65)cc4)cc3)c3ccc(-c4ccc5c6ccccc6c6ccccc6c5c4)cc3)cc2)cc1. The highest BCUT2D eigenvalue weighted by Crippen LogP contribution is 2.40. The van der Waals surface area contributed by atoms with Gasteiger partial charge in [-0.25, -0.2) is 0 Å². The van der Waals surface area contributed by atoms with Gasteiger partial charge in [0.15, 0.2) is 0 Å². The lowest BCUT2D eigenvalue weighted by molar-refractivity contribution is 1.18. The first-order valence-corrected chi connectivity index (χ1v) is 21.3.